The second-order valence-electron chi connectivity index (χ2n) is 3.68. The summed E-state index contributed by atoms with van der Waals surface area (Å²) in [5, 5.41) is 11.7. The van der Waals surface area contributed by atoms with E-state index in [4.69, 9.17) is 5.11 Å². The maximum Gasteiger partial charge on any atom is 0.326 e. The number of hydrogen-bond donors (Lipinski definition) is 3. The summed E-state index contributed by atoms with van der Waals surface area (Å²) >= 11 is 0. The largest absolute Gasteiger partial charge is 0.480 e. The number of nitrogens with one attached hydrogen (secondary N) is 2. The Hall–Kier alpha value is -1.60. The zero-order valence-corrected chi connectivity index (χ0v) is 11.0. The molecule has 0 saturated heterocycles. The number of benzene rings is 1. The molecule has 1 aromatic rings. The van der Waals surface area contributed by atoms with Crippen LogP contribution in [-0.4, -0.2) is 32.6 Å². The number of aliphatic carboxylic acids is 1. The van der Waals surface area contributed by atoms with E-state index < -0.39 is 22.0 Å². The maximum atomic E-state index is 11.6. The molecule has 0 aliphatic rings. The van der Waals surface area contributed by atoms with Crippen LogP contribution < -0.4 is 10.0 Å². The highest BCUT2D eigenvalue weighted by Gasteiger charge is 2.16. The van der Waals surface area contributed by atoms with Crippen LogP contribution in [0.2, 0.25) is 0 Å². The summed E-state index contributed by atoms with van der Waals surface area (Å²) < 4.78 is 25.4. The molecule has 1 unspecified atom stereocenters. The molecule has 0 aromatic heterocycles. The Bertz CT molecular complexity index is 528. The molecule has 1 aromatic carbocycles. The second kappa shape index (κ2) is 5.83. The fourth-order valence-corrected chi connectivity index (χ4v) is 2.19. The summed E-state index contributed by atoms with van der Waals surface area (Å²) in [6.45, 7) is 1.74. The molecular formula is C11H16N2O4S. The van der Waals surface area contributed by atoms with Crippen LogP contribution >= 0.6 is 0 Å². The van der Waals surface area contributed by atoms with Gasteiger partial charge in [0.25, 0.3) is 0 Å². The molecule has 0 saturated carbocycles. The van der Waals surface area contributed by atoms with E-state index in [9.17, 15) is 13.2 Å². The molecular weight excluding hydrogens is 256 g/mol. The number of carbonyl (C=O) groups is 1. The lowest BCUT2D eigenvalue weighted by Crippen LogP contribution is -2.28. The van der Waals surface area contributed by atoms with Gasteiger partial charge in [-0.05, 0) is 31.7 Å². The average Bonchev–Trinajstić information content (AvgIpc) is 2.36. The van der Waals surface area contributed by atoms with Crippen molar-refractivity contribution in [3.63, 3.8) is 0 Å². The van der Waals surface area contributed by atoms with Gasteiger partial charge >= 0.3 is 5.97 Å². The van der Waals surface area contributed by atoms with Gasteiger partial charge in [0.1, 0.15) is 6.04 Å². The van der Waals surface area contributed by atoms with Crippen LogP contribution in [-0.2, 0) is 14.8 Å². The minimum absolute atomic E-state index is 0.0928. The zero-order chi connectivity index (χ0) is 13.8. The van der Waals surface area contributed by atoms with Gasteiger partial charge in [0.2, 0.25) is 10.0 Å². The van der Waals surface area contributed by atoms with Crippen molar-refractivity contribution in [2.75, 3.05) is 12.4 Å². The molecule has 0 aliphatic carbocycles. The molecule has 7 heteroatoms. The molecule has 6 nitrogen and oxygen atoms in total. The van der Waals surface area contributed by atoms with E-state index in [0.29, 0.717) is 12.1 Å². The number of hydrogen-bond acceptors (Lipinski definition) is 4. The SMILES string of the molecule is CCC(Nc1cccc(S(=O)(=O)NC)c1)C(=O)O. The van der Waals surface area contributed by atoms with E-state index in [-0.39, 0.29) is 4.90 Å². The van der Waals surface area contributed by atoms with Crippen LogP contribution in [0.1, 0.15) is 13.3 Å². The van der Waals surface area contributed by atoms with Gasteiger partial charge in [-0.15, -0.1) is 0 Å². The highest BCUT2D eigenvalue weighted by Crippen LogP contribution is 2.16. The summed E-state index contributed by atoms with van der Waals surface area (Å²) in [6.07, 6.45) is 0.401. The van der Waals surface area contributed by atoms with Gasteiger partial charge < -0.3 is 10.4 Å². The van der Waals surface area contributed by atoms with Gasteiger partial charge in [-0.25, -0.2) is 17.9 Å². The predicted molar refractivity (Wildman–Crippen MR) is 68.0 cm³/mol. The van der Waals surface area contributed by atoms with Crippen molar-refractivity contribution in [3.05, 3.63) is 24.3 Å². The van der Waals surface area contributed by atoms with Crippen molar-refractivity contribution in [2.45, 2.75) is 24.3 Å². The number of carboxylic acids is 1. The lowest BCUT2D eigenvalue weighted by atomic mass is 10.2. The third-order valence-electron chi connectivity index (χ3n) is 2.46. The third kappa shape index (κ3) is 3.44. The van der Waals surface area contributed by atoms with Gasteiger partial charge in [-0.1, -0.05) is 13.0 Å². The molecule has 3 N–H and O–H groups in total. The normalized spacial score (nSPS) is 13.0. The first kappa shape index (κ1) is 14.5. The van der Waals surface area contributed by atoms with E-state index in [1.54, 1.807) is 19.1 Å². The Morgan fingerprint density at radius 1 is 1.44 bits per heavy atom. The van der Waals surface area contributed by atoms with Crippen LogP contribution in [0.25, 0.3) is 0 Å². The first-order valence-electron chi connectivity index (χ1n) is 5.43. The van der Waals surface area contributed by atoms with E-state index >= 15 is 0 Å². The van der Waals surface area contributed by atoms with Gasteiger partial charge in [-0.3, -0.25) is 0 Å². The number of sulfonamides is 1. The van der Waals surface area contributed by atoms with Crippen LogP contribution in [0.4, 0.5) is 5.69 Å². The summed E-state index contributed by atoms with van der Waals surface area (Å²) in [5.74, 6) is -0.973. The molecule has 1 rings (SSSR count). The summed E-state index contributed by atoms with van der Waals surface area (Å²) in [4.78, 5) is 11.0. The topological polar surface area (TPSA) is 95.5 Å². The van der Waals surface area contributed by atoms with E-state index in [2.05, 4.69) is 10.0 Å². The van der Waals surface area contributed by atoms with Crippen LogP contribution in [0.5, 0.6) is 0 Å². The number of carboxylic acid groups (broad SMARTS) is 1. The van der Waals surface area contributed by atoms with Gasteiger partial charge in [-0.2, -0.15) is 0 Å². The highest BCUT2D eigenvalue weighted by atomic mass is 32.2. The quantitative estimate of drug-likeness (QED) is 0.714. The molecule has 1 atom stereocenters. The first-order valence-corrected chi connectivity index (χ1v) is 6.92. The minimum Gasteiger partial charge on any atom is -0.480 e. The Labute approximate surface area is 106 Å². The minimum atomic E-state index is -3.52. The van der Waals surface area contributed by atoms with Crippen LogP contribution in [0.15, 0.2) is 29.2 Å². The van der Waals surface area contributed by atoms with Crippen LogP contribution in [0.3, 0.4) is 0 Å². The summed E-state index contributed by atoms with van der Waals surface area (Å²) in [6, 6.07) is 5.29. The highest BCUT2D eigenvalue weighted by molar-refractivity contribution is 7.89. The van der Waals surface area contributed by atoms with Crippen molar-refractivity contribution in [1.29, 1.82) is 0 Å². The number of anilines is 1. The number of rotatable bonds is 6. The molecule has 100 valence electrons. The van der Waals surface area contributed by atoms with Gasteiger partial charge in [0.15, 0.2) is 0 Å². The lowest BCUT2D eigenvalue weighted by molar-refractivity contribution is -0.137. The lowest BCUT2D eigenvalue weighted by Gasteiger charge is -2.14. The second-order valence-corrected chi connectivity index (χ2v) is 5.57. The molecule has 0 amide bonds. The van der Waals surface area contributed by atoms with Crippen molar-refractivity contribution in [3.8, 4) is 0 Å². The maximum absolute atomic E-state index is 11.6. The first-order chi connectivity index (χ1) is 8.40. The summed E-state index contributed by atoms with van der Waals surface area (Å²) in [7, 11) is -2.20. The molecule has 0 heterocycles. The van der Waals surface area contributed by atoms with E-state index in [1.165, 1.54) is 19.2 Å². The van der Waals surface area contributed by atoms with Crippen molar-refractivity contribution in [1.82, 2.24) is 4.72 Å². The standard InChI is InChI=1S/C11H16N2O4S/c1-3-10(11(14)15)13-8-5-4-6-9(7-8)18(16,17)12-2/h4-7,10,12-13H,3H2,1-2H3,(H,14,15). The smallest absolute Gasteiger partial charge is 0.326 e. The molecule has 0 fully saturated rings. The Balaban J connectivity index is 2.99. The Morgan fingerprint density at radius 3 is 2.61 bits per heavy atom. The molecule has 18 heavy (non-hydrogen) atoms. The zero-order valence-electron chi connectivity index (χ0n) is 10.2. The van der Waals surface area contributed by atoms with Crippen molar-refractivity contribution >= 4 is 21.7 Å². The van der Waals surface area contributed by atoms with Gasteiger partial charge in [0, 0.05) is 5.69 Å². The average molecular weight is 272 g/mol. The summed E-state index contributed by atoms with van der Waals surface area (Å²) in [5.41, 5.74) is 0.459. The van der Waals surface area contributed by atoms with Gasteiger partial charge in [0.05, 0.1) is 4.90 Å². The van der Waals surface area contributed by atoms with E-state index in [1.807, 2.05) is 0 Å². The monoisotopic (exact) mass is 272 g/mol. The molecule has 0 spiro atoms. The van der Waals surface area contributed by atoms with Crippen molar-refractivity contribution < 1.29 is 18.3 Å². The van der Waals surface area contributed by atoms with E-state index in [0.717, 1.165) is 0 Å². The predicted octanol–water partition coefficient (Wildman–Crippen LogP) is 0.870. The molecule has 0 bridgehead atoms. The Morgan fingerprint density at radius 2 is 2.11 bits per heavy atom. The molecule has 0 aliphatic heterocycles. The molecule has 0 radical (unpaired) electrons. The van der Waals surface area contributed by atoms with Crippen LogP contribution in [0, 0.1) is 0 Å². The fourth-order valence-electron chi connectivity index (χ4n) is 1.41. The van der Waals surface area contributed by atoms with Crippen molar-refractivity contribution in [2.24, 2.45) is 0 Å². The fraction of sp³-hybridized carbons (Fsp3) is 0.364. The Kier molecular flexibility index (Phi) is 4.69. The third-order valence-corrected chi connectivity index (χ3v) is 3.87.